The van der Waals surface area contributed by atoms with Crippen LogP contribution < -0.4 is 10.7 Å². The minimum absolute atomic E-state index is 0.0813. The summed E-state index contributed by atoms with van der Waals surface area (Å²) in [6, 6.07) is 6.95. The molecule has 2 aliphatic heterocycles. The second-order valence-corrected chi connectivity index (χ2v) is 17.0. The molecule has 7 unspecified atom stereocenters. The Bertz CT molecular complexity index is 2050. The number of hydrazine groups is 1. The Kier molecular flexibility index (Phi) is 8.98. The molecule has 2 aliphatic carbocycles. The molecule has 6 heterocycles. The second kappa shape index (κ2) is 13.4. The number of carbonyl (C=O) groups is 3. The van der Waals surface area contributed by atoms with E-state index in [1.807, 2.05) is 24.6 Å². The van der Waals surface area contributed by atoms with Crippen LogP contribution in [0.5, 0.6) is 0 Å². The molecule has 8 rings (SSSR count). The first-order chi connectivity index (χ1) is 25.0. The number of aromatic nitrogens is 3. The lowest BCUT2D eigenvalue weighted by atomic mass is 9.83. The third-order valence-corrected chi connectivity index (χ3v) is 12.4. The molecule has 11 nitrogen and oxygen atoms in total. The topological polar surface area (TPSA) is 127 Å². The molecule has 52 heavy (non-hydrogen) atoms. The Morgan fingerprint density at radius 3 is 2.81 bits per heavy atom. The third-order valence-electron chi connectivity index (χ3n) is 11.5. The predicted molar refractivity (Wildman–Crippen MR) is 198 cm³/mol. The van der Waals surface area contributed by atoms with Gasteiger partial charge in [-0.15, -0.1) is 11.3 Å². The van der Waals surface area contributed by atoms with Gasteiger partial charge in [-0.25, -0.2) is 10.4 Å². The van der Waals surface area contributed by atoms with Gasteiger partial charge in [0, 0.05) is 77.1 Å². The zero-order valence-corrected chi connectivity index (χ0v) is 31.6. The number of nitrogens with zero attached hydrogens (tertiary/aromatic N) is 4. The van der Waals surface area contributed by atoms with E-state index in [9.17, 15) is 14.4 Å². The van der Waals surface area contributed by atoms with E-state index in [0.29, 0.717) is 18.9 Å². The first-order valence-electron chi connectivity index (χ1n) is 18.6. The van der Waals surface area contributed by atoms with E-state index in [1.54, 1.807) is 12.1 Å². The molecule has 2 N–H and O–H groups in total. The monoisotopic (exact) mass is 724 g/mol. The molecular formula is C40H48N6O5S. The second-order valence-electron chi connectivity index (χ2n) is 16.0. The highest BCUT2D eigenvalue weighted by Crippen LogP contribution is 2.46. The summed E-state index contributed by atoms with van der Waals surface area (Å²) in [7, 11) is 1.70. The number of methoxy groups -OCH3 is 1. The van der Waals surface area contributed by atoms with Crippen molar-refractivity contribution in [3.8, 4) is 22.4 Å². The van der Waals surface area contributed by atoms with Crippen LogP contribution in [0.1, 0.15) is 75.5 Å². The number of aryl methyl sites for hydroxylation is 1. The molecule has 4 aliphatic rings. The number of ether oxygens (including phenoxy) is 2. The third kappa shape index (κ3) is 6.43. The number of pyridine rings is 2. The zero-order chi connectivity index (χ0) is 36.5. The molecule has 4 aromatic rings. The van der Waals surface area contributed by atoms with Gasteiger partial charge in [-0.2, -0.15) is 0 Å². The Hall–Kier alpha value is -4.13. The van der Waals surface area contributed by atoms with Crippen molar-refractivity contribution < 1.29 is 23.9 Å². The van der Waals surface area contributed by atoms with E-state index in [1.165, 1.54) is 17.0 Å². The summed E-state index contributed by atoms with van der Waals surface area (Å²) in [6.07, 6.45) is 7.07. The van der Waals surface area contributed by atoms with Crippen molar-refractivity contribution in [2.24, 2.45) is 29.1 Å². The van der Waals surface area contributed by atoms with Crippen molar-refractivity contribution >= 4 is 34.6 Å². The minimum Gasteiger partial charge on any atom is -0.464 e. The van der Waals surface area contributed by atoms with Crippen molar-refractivity contribution in [2.45, 2.75) is 84.9 Å². The Morgan fingerprint density at radius 1 is 1.25 bits per heavy atom. The molecule has 2 amide bonds. The van der Waals surface area contributed by atoms with E-state index < -0.39 is 17.5 Å². The van der Waals surface area contributed by atoms with Gasteiger partial charge in [-0.3, -0.25) is 24.4 Å². The van der Waals surface area contributed by atoms with Gasteiger partial charge in [0.2, 0.25) is 5.91 Å². The number of rotatable bonds is 6. The lowest BCUT2D eigenvalue weighted by Crippen LogP contribution is -2.61. The van der Waals surface area contributed by atoms with Crippen LogP contribution in [-0.4, -0.2) is 69.5 Å². The molecule has 6 bridgehead atoms. The fourth-order valence-electron chi connectivity index (χ4n) is 8.23. The fourth-order valence-corrected chi connectivity index (χ4v) is 9.08. The highest BCUT2D eigenvalue weighted by molar-refractivity contribution is 7.10. The Balaban J connectivity index is 1.25. The van der Waals surface area contributed by atoms with E-state index in [0.717, 1.165) is 63.4 Å². The van der Waals surface area contributed by atoms with E-state index in [-0.39, 0.29) is 54.7 Å². The first kappa shape index (κ1) is 34.9. The van der Waals surface area contributed by atoms with Crippen LogP contribution >= 0.6 is 11.3 Å². The summed E-state index contributed by atoms with van der Waals surface area (Å²) in [4.78, 5) is 51.0. The maximum atomic E-state index is 14.2. The van der Waals surface area contributed by atoms with Crippen molar-refractivity contribution in [1.29, 1.82) is 0 Å². The van der Waals surface area contributed by atoms with Gasteiger partial charge in [-0.05, 0) is 74.1 Å². The molecule has 2 saturated carbocycles. The summed E-state index contributed by atoms with van der Waals surface area (Å²) in [5.41, 5.74) is 11.0. The minimum atomic E-state index is -0.811. The van der Waals surface area contributed by atoms with Crippen LogP contribution in [-0.2, 0) is 43.1 Å². The molecular weight excluding hydrogens is 677 g/mol. The van der Waals surface area contributed by atoms with Gasteiger partial charge in [0.05, 0.1) is 29.1 Å². The normalized spacial score (nSPS) is 27.4. The number of hydrogen-bond donors (Lipinski definition) is 2. The molecule has 7 atom stereocenters. The lowest BCUT2D eigenvalue weighted by Gasteiger charge is -2.35. The molecule has 3 fully saturated rings. The highest BCUT2D eigenvalue weighted by atomic mass is 32.1. The number of carbonyl (C=O) groups excluding carboxylic acids is 3. The number of amides is 2. The van der Waals surface area contributed by atoms with Crippen LogP contribution in [0.4, 0.5) is 0 Å². The summed E-state index contributed by atoms with van der Waals surface area (Å²) >= 11 is 1.49. The number of esters is 1. The average Bonchev–Trinajstić information content (AvgIpc) is 4.01. The van der Waals surface area contributed by atoms with Crippen LogP contribution in [0, 0.1) is 29.1 Å². The smallest absolute Gasteiger partial charge is 0.325 e. The number of hydrogen-bond acceptors (Lipinski definition) is 9. The van der Waals surface area contributed by atoms with Gasteiger partial charge in [0.1, 0.15) is 12.1 Å². The molecule has 0 aromatic carbocycles. The van der Waals surface area contributed by atoms with Crippen molar-refractivity contribution in [3.05, 3.63) is 64.0 Å². The number of nitrogens with one attached hydrogen (secondary N) is 2. The predicted octanol–water partition coefficient (Wildman–Crippen LogP) is 5.55. The SMILES string of the molecule is CCc1c(-c2cccnc2C(C)OC)c2c3cc(ccn13)-c1csc(n1)CC(NC(=O)C1CC1C)C(=O)N1CC3CC3C(N1)C(=O)OCC(C)(C)C2. The Morgan fingerprint density at radius 2 is 2.06 bits per heavy atom. The summed E-state index contributed by atoms with van der Waals surface area (Å²) in [5, 5.41) is 7.41. The van der Waals surface area contributed by atoms with Gasteiger partial charge >= 0.3 is 5.97 Å². The summed E-state index contributed by atoms with van der Waals surface area (Å²) in [6.45, 7) is 11.2. The van der Waals surface area contributed by atoms with Crippen LogP contribution in [0.25, 0.3) is 27.9 Å². The van der Waals surface area contributed by atoms with E-state index in [2.05, 4.69) is 67.2 Å². The van der Waals surface area contributed by atoms with Crippen LogP contribution in [0.3, 0.4) is 0 Å². The number of cyclic esters (lactones) is 1. The fraction of sp³-hybridized carbons (Fsp3) is 0.525. The summed E-state index contributed by atoms with van der Waals surface area (Å²) in [5.74, 6) is -0.147. The molecule has 4 aromatic heterocycles. The number of fused-ring (bicyclic) bond motifs is 8. The maximum absolute atomic E-state index is 14.2. The quantitative estimate of drug-likeness (QED) is 0.248. The van der Waals surface area contributed by atoms with Gasteiger partial charge in [0.15, 0.2) is 0 Å². The zero-order valence-electron chi connectivity index (χ0n) is 30.8. The van der Waals surface area contributed by atoms with Crippen LogP contribution in [0.2, 0.25) is 0 Å². The standard InChI is InChI=1S/C40H48N6O5S/c1-7-31-34(25-9-8-11-41-35(25)22(3)50-6)28-17-40(4,5)20-51-39(49)36-27-14-24(27)18-46(44-36)38(48)29(43-37(47)26-13-21(26)2)16-33-42-30(19-52-33)23-10-12-45(31)32(28)15-23/h8-12,15,19,21-22,24,26-27,29,36,44H,7,13-14,16-18,20H2,1-6H3,(H,43,47). The number of thiazole rings is 1. The van der Waals surface area contributed by atoms with E-state index in [4.69, 9.17) is 19.4 Å². The molecule has 12 heteroatoms. The average molecular weight is 725 g/mol. The van der Waals surface area contributed by atoms with Crippen molar-refractivity contribution in [2.75, 3.05) is 20.3 Å². The van der Waals surface area contributed by atoms with Gasteiger partial charge in [-0.1, -0.05) is 33.8 Å². The highest BCUT2D eigenvalue weighted by Gasteiger charge is 2.53. The maximum Gasteiger partial charge on any atom is 0.325 e. The van der Waals surface area contributed by atoms with Gasteiger partial charge < -0.3 is 19.2 Å². The van der Waals surface area contributed by atoms with Gasteiger partial charge in [0.25, 0.3) is 5.91 Å². The molecule has 274 valence electrons. The molecule has 1 saturated heterocycles. The van der Waals surface area contributed by atoms with Crippen LogP contribution in [0.15, 0.2) is 42.0 Å². The lowest BCUT2D eigenvalue weighted by molar-refractivity contribution is -0.156. The Labute approximate surface area is 308 Å². The largest absolute Gasteiger partial charge is 0.464 e. The van der Waals surface area contributed by atoms with E-state index >= 15 is 0 Å². The molecule has 0 spiro atoms. The first-order valence-corrected chi connectivity index (χ1v) is 19.5. The van der Waals surface area contributed by atoms with Crippen molar-refractivity contribution in [3.63, 3.8) is 0 Å². The summed E-state index contributed by atoms with van der Waals surface area (Å²) < 4.78 is 14.2. The molecule has 0 radical (unpaired) electrons. The van der Waals surface area contributed by atoms with Crippen molar-refractivity contribution in [1.82, 2.24) is 30.1 Å².